The number of hydrogen-bond donors (Lipinski definition) is 1. The average molecular weight is 443 g/mol. The number of anilines is 1. The van der Waals surface area contributed by atoms with Crippen LogP contribution in [-0.2, 0) is 5.75 Å². The lowest BCUT2D eigenvalue weighted by Gasteiger charge is -2.02. The number of carbonyl (C=O) groups excluding carboxylic acids is 1. The zero-order valence-corrected chi connectivity index (χ0v) is 17.6. The molecule has 146 valence electrons. The molecule has 0 unspecified atom stereocenters. The van der Waals surface area contributed by atoms with Gasteiger partial charge < -0.3 is 4.52 Å². The van der Waals surface area contributed by atoms with E-state index in [0.717, 1.165) is 21.2 Å². The van der Waals surface area contributed by atoms with Crippen molar-refractivity contribution in [3.63, 3.8) is 0 Å². The maximum absolute atomic E-state index is 12.8. The molecule has 1 amide bonds. The molecule has 0 aliphatic heterocycles. The van der Waals surface area contributed by atoms with Crippen molar-refractivity contribution in [2.75, 3.05) is 5.32 Å². The highest BCUT2D eigenvalue weighted by Gasteiger charge is 2.22. The van der Waals surface area contributed by atoms with Crippen LogP contribution in [0.3, 0.4) is 0 Å². The Bertz CT molecular complexity index is 1130. The number of nitrogens with one attached hydrogen (secondary N) is 1. The van der Waals surface area contributed by atoms with Crippen LogP contribution in [0.5, 0.6) is 0 Å². The quantitative estimate of drug-likeness (QED) is 0.304. The van der Waals surface area contributed by atoms with Crippen molar-refractivity contribution < 1.29 is 9.32 Å². The smallest absolute Gasteiger partial charge is 0.263 e. The minimum absolute atomic E-state index is 0.326. The first kappa shape index (κ1) is 19.6. The van der Waals surface area contributed by atoms with Crippen LogP contribution in [0.1, 0.15) is 21.7 Å². The fourth-order valence-corrected chi connectivity index (χ4v) is 4.47. The normalized spacial score (nSPS) is 10.8. The minimum atomic E-state index is -0.326. The summed E-state index contributed by atoms with van der Waals surface area (Å²) in [6, 6.07) is 17.1. The first-order chi connectivity index (χ1) is 14.1. The molecule has 4 rings (SSSR count). The number of aromatic nitrogens is 3. The zero-order chi connectivity index (χ0) is 20.2. The number of carbonyl (C=O) groups is 1. The Balaban J connectivity index is 1.45. The molecule has 0 atom stereocenters. The Hall–Kier alpha value is -2.68. The van der Waals surface area contributed by atoms with Crippen molar-refractivity contribution in [2.24, 2.45) is 0 Å². The van der Waals surface area contributed by atoms with E-state index in [1.165, 1.54) is 11.3 Å². The van der Waals surface area contributed by atoms with Gasteiger partial charge in [-0.1, -0.05) is 82.3 Å². The molecule has 0 fully saturated rings. The van der Waals surface area contributed by atoms with Crippen LogP contribution in [0.4, 0.5) is 5.13 Å². The number of benzene rings is 2. The molecule has 4 aromatic rings. The van der Waals surface area contributed by atoms with E-state index in [1.807, 2.05) is 54.6 Å². The summed E-state index contributed by atoms with van der Waals surface area (Å²) in [7, 11) is 0. The number of rotatable bonds is 6. The Kier molecular flexibility index (Phi) is 5.94. The summed E-state index contributed by atoms with van der Waals surface area (Å²) in [5, 5.41) is 16.2. The molecule has 2 heterocycles. The molecule has 2 aromatic carbocycles. The van der Waals surface area contributed by atoms with E-state index in [-0.39, 0.29) is 5.91 Å². The molecule has 2 aromatic heterocycles. The van der Waals surface area contributed by atoms with Crippen LogP contribution in [0.15, 0.2) is 63.5 Å². The highest BCUT2D eigenvalue weighted by Crippen LogP contribution is 2.30. The van der Waals surface area contributed by atoms with Crippen molar-refractivity contribution in [1.29, 1.82) is 0 Å². The number of hydrogen-bond acceptors (Lipinski definition) is 7. The van der Waals surface area contributed by atoms with Crippen molar-refractivity contribution in [3.05, 3.63) is 76.5 Å². The maximum Gasteiger partial charge on any atom is 0.263 e. The first-order valence-corrected chi connectivity index (χ1v) is 10.8. The van der Waals surface area contributed by atoms with Gasteiger partial charge in [0.25, 0.3) is 5.91 Å². The third kappa shape index (κ3) is 4.67. The molecule has 0 spiro atoms. The Morgan fingerprint density at radius 1 is 1.14 bits per heavy atom. The third-order valence-corrected chi connectivity index (χ3v) is 6.33. The van der Waals surface area contributed by atoms with Gasteiger partial charge in [0.05, 0.1) is 0 Å². The lowest BCUT2D eigenvalue weighted by molar-refractivity contribution is 0.102. The number of amides is 1. The zero-order valence-electron chi connectivity index (χ0n) is 15.3. The standard InChI is InChI=1S/C20H15ClN4O2S2/c1-12-16(17(25-27-12)14-5-3-2-4-6-14)18(26)22-19-23-24-20(29-19)28-11-13-7-9-15(21)10-8-13/h2-10H,11H2,1H3,(H,22,23,26). The van der Waals surface area contributed by atoms with E-state index in [9.17, 15) is 4.79 Å². The molecule has 6 nitrogen and oxygen atoms in total. The monoisotopic (exact) mass is 442 g/mol. The summed E-state index contributed by atoms with van der Waals surface area (Å²) in [6.45, 7) is 1.71. The lowest BCUT2D eigenvalue weighted by Crippen LogP contribution is -2.13. The molecule has 0 saturated heterocycles. The second-order valence-corrected chi connectivity index (χ2v) is 8.71. The fourth-order valence-electron chi connectivity index (χ4n) is 2.64. The van der Waals surface area contributed by atoms with E-state index in [2.05, 4.69) is 20.7 Å². The summed E-state index contributed by atoms with van der Waals surface area (Å²) in [6.07, 6.45) is 0. The van der Waals surface area contributed by atoms with Crippen molar-refractivity contribution >= 4 is 45.7 Å². The largest absolute Gasteiger partial charge is 0.360 e. The molecular formula is C20H15ClN4O2S2. The van der Waals surface area contributed by atoms with Gasteiger partial charge in [0, 0.05) is 16.3 Å². The predicted molar refractivity (Wildman–Crippen MR) is 116 cm³/mol. The Morgan fingerprint density at radius 3 is 2.66 bits per heavy atom. The molecule has 0 bridgehead atoms. The van der Waals surface area contributed by atoms with Gasteiger partial charge in [0.1, 0.15) is 17.0 Å². The number of aryl methyl sites for hydroxylation is 1. The second kappa shape index (κ2) is 8.77. The molecule has 29 heavy (non-hydrogen) atoms. The van der Waals surface area contributed by atoms with Gasteiger partial charge in [0.2, 0.25) is 5.13 Å². The molecule has 0 aliphatic rings. The third-order valence-electron chi connectivity index (χ3n) is 4.04. The highest BCUT2D eigenvalue weighted by molar-refractivity contribution is 8.00. The van der Waals surface area contributed by atoms with Gasteiger partial charge in [-0.2, -0.15) is 0 Å². The second-order valence-electron chi connectivity index (χ2n) is 6.07. The van der Waals surface area contributed by atoms with E-state index in [0.29, 0.717) is 27.2 Å². The maximum atomic E-state index is 12.8. The van der Waals surface area contributed by atoms with Gasteiger partial charge in [-0.15, -0.1) is 10.2 Å². The topological polar surface area (TPSA) is 80.9 Å². The summed E-state index contributed by atoms with van der Waals surface area (Å²) < 4.78 is 6.02. The molecule has 9 heteroatoms. The van der Waals surface area contributed by atoms with E-state index in [1.54, 1.807) is 18.7 Å². The van der Waals surface area contributed by atoms with Crippen LogP contribution < -0.4 is 5.32 Å². The van der Waals surface area contributed by atoms with Crippen LogP contribution >= 0.6 is 34.7 Å². The van der Waals surface area contributed by atoms with E-state index in [4.69, 9.17) is 16.1 Å². The SMILES string of the molecule is Cc1onc(-c2ccccc2)c1C(=O)Nc1nnc(SCc2ccc(Cl)cc2)s1. The Morgan fingerprint density at radius 2 is 1.90 bits per heavy atom. The summed E-state index contributed by atoms with van der Waals surface area (Å²) in [4.78, 5) is 12.8. The van der Waals surface area contributed by atoms with Crippen LogP contribution in [0.2, 0.25) is 5.02 Å². The fraction of sp³-hybridized carbons (Fsp3) is 0.100. The van der Waals surface area contributed by atoms with Crippen molar-refractivity contribution in [1.82, 2.24) is 15.4 Å². The summed E-state index contributed by atoms with van der Waals surface area (Å²) in [5.74, 6) is 0.860. The molecule has 0 saturated carbocycles. The molecule has 0 aliphatic carbocycles. The van der Waals surface area contributed by atoms with Crippen molar-refractivity contribution in [2.45, 2.75) is 17.0 Å². The van der Waals surface area contributed by atoms with Gasteiger partial charge in [-0.3, -0.25) is 10.1 Å². The molecule has 0 radical (unpaired) electrons. The van der Waals surface area contributed by atoms with Gasteiger partial charge in [-0.05, 0) is 24.6 Å². The highest BCUT2D eigenvalue weighted by atomic mass is 35.5. The van der Waals surface area contributed by atoms with Gasteiger partial charge in [-0.25, -0.2) is 0 Å². The molecule has 1 N–H and O–H groups in total. The number of halogens is 1. The predicted octanol–water partition coefficient (Wildman–Crippen LogP) is 5.70. The van der Waals surface area contributed by atoms with Crippen LogP contribution in [-0.4, -0.2) is 21.3 Å². The Labute approximate surface area is 180 Å². The van der Waals surface area contributed by atoms with Crippen LogP contribution in [0, 0.1) is 6.92 Å². The number of thioether (sulfide) groups is 1. The van der Waals surface area contributed by atoms with E-state index < -0.39 is 0 Å². The minimum Gasteiger partial charge on any atom is -0.360 e. The average Bonchev–Trinajstić information content (AvgIpc) is 3.34. The van der Waals surface area contributed by atoms with Gasteiger partial charge in [0.15, 0.2) is 4.34 Å². The number of nitrogens with zero attached hydrogens (tertiary/aromatic N) is 3. The van der Waals surface area contributed by atoms with Gasteiger partial charge >= 0.3 is 0 Å². The first-order valence-electron chi connectivity index (χ1n) is 8.64. The summed E-state index contributed by atoms with van der Waals surface area (Å²) >= 11 is 8.77. The van der Waals surface area contributed by atoms with E-state index >= 15 is 0 Å². The molecular weight excluding hydrogens is 428 g/mol. The van der Waals surface area contributed by atoms with Crippen molar-refractivity contribution in [3.8, 4) is 11.3 Å². The lowest BCUT2D eigenvalue weighted by atomic mass is 10.1. The van der Waals surface area contributed by atoms with Crippen LogP contribution in [0.25, 0.3) is 11.3 Å². The summed E-state index contributed by atoms with van der Waals surface area (Å²) in [5.41, 5.74) is 2.84.